The van der Waals surface area contributed by atoms with Crippen molar-refractivity contribution in [3.63, 3.8) is 0 Å². The molecule has 0 aliphatic carbocycles. The van der Waals surface area contributed by atoms with Crippen LogP contribution < -0.4 is 5.32 Å². The second kappa shape index (κ2) is 3.86. The van der Waals surface area contributed by atoms with Gasteiger partial charge in [0.15, 0.2) is 0 Å². The number of rotatable bonds is 2. The molecule has 0 bridgehead atoms. The molecule has 0 atom stereocenters. The normalized spacial score (nSPS) is 8.25. The van der Waals surface area contributed by atoms with Gasteiger partial charge in [0.1, 0.15) is 0 Å². The Hall–Kier alpha value is -0.0900. The van der Waals surface area contributed by atoms with E-state index in [0.717, 1.165) is 4.86 Å². The van der Waals surface area contributed by atoms with E-state index in [2.05, 4.69) is 30.2 Å². The lowest BCUT2D eigenvalue weighted by atomic mass is 10.5. The Labute approximate surface area is 59.1 Å². The standard InChI is InChI=1S/C4H7NOS2/c1-3(7)2-5-4(6)8/h2H2,1H3,(H2,5,6,8). The molecule has 0 spiro atoms. The van der Waals surface area contributed by atoms with Crippen LogP contribution in [0.2, 0.25) is 0 Å². The molecular formula is C4H7NOS2. The summed E-state index contributed by atoms with van der Waals surface area (Å²) >= 11 is 8.13. The van der Waals surface area contributed by atoms with Gasteiger partial charge in [-0.15, -0.1) is 0 Å². The molecule has 0 aromatic heterocycles. The molecule has 0 fully saturated rings. The Morgan fingerprint density at radius 3 is 2.50 bits per heavy atom. The Morgan fingerprint density at radius 2 is 2.38 bits per heavy atom. The highest BCUT2D eigenvalue weighted by molar-refractivity contribution is 7.96. The molecule has 0 saturated carbocycles. The molecule has 0 saturated heterocycles. The van der Waals surface area contributed by atoms with E-state index in [4.69, 9.17) is 0 Å². The number of carbonyl (C=O) groups excluding carboxylic acids is 1. The minimum atomic E-state index is -0.339. The zero-order valence-corrected chi connectivity index (χ0v) is 6.18. The number of hydrogen-bond acceptors (Lipinski definition) is 2. The maximum Gasteiger partial charge on any atom is 0.276 e. The number of carbonyl (C=O) groups is 1. The number of thiocarbonyl (C=S) groups is 1. The molecule has 0 rings (SSSR count). The van der Waals surface area contributed by atoms with Crippen molar-refractivity contribution >= 4 is 35.0 Å². The van der Waals surface area contributed by atoms with E-state index in [1.807, 2.05) is 0 Å². The summed E-state index contributed by atoms with van der Waals surface area (Å²) in [5, 5.41) is 2.09. The highest BCUT2D eigenvalue weighted by Gasteiger charge is 1.89. The van der Waals surface area contributed by atoms with Crippen molar-refractivity contribution in [3.8, 4) is 0 Å². The van der Waals surface area contributed by atoms with E-state index >= 15 is 0 Å². The average molecular weight is 149 g/mol. The van der Waals surface area contributed by atoms with E-state index < -0.39 is 0 Å². The minimum absolute atomic E-state index is 0.339. The van der Waals surface area contributed by atoms with Gasteiger partial charge in [0.2, 0.25) is 0 Å². The molecule has 4 heteroatoms. The zero-order chi connectivity index (χ0) is 6.57. The molecule has 1 N–H and O–H groups in total. The molecule has 0 aromatic rings. The number of hydrogen-bond donors (Lipinski definition) is 2. The van der Waals surface area contributed by atoms with Gasteiger partial charge < -0.3 is 5.32 Å². The maximum absolute atomic E-state index is 10.0. The predicted octanol–water partition coefficient (Wildman–Crippen LogP) is 1.02. The summed E-state index contributed by atoms with van der Waals surface area (Å²) in [4.78, 5) is 10.8. The summed E-state index contributed by atoms with van der Waals surface area (Å²) in [7, 11) is 0. The van der Waals surface area contributed by atoms with Crippen molar-refractivity contribution in [2.45, 2.75) is 6.92 Å². The van der Waals surface area contributed by atoms with Crippen molar-refractivity contribution in [1.82, 2.24) is 5.32 Å². The van der Waals surface area contributed by atoms with Crippen LogP contribution in [0.4, 0.5) is 4.79 Å². The van der Waals surface area contributed by atoms with Gasteiger partial charge >= 0.3 is 0 Å². The van der Waals surface area contributed by atoms with E-state index in [-0.39, 0.29) is 5.24 Å². The highest BCUT2D eigenvalue weighted by Crippen LogP contribution is 1.76. The predicted molar refractivity (Wildman–Crippen MR) is 40.7 cm³/mol. The van der Waals surface area contributed by atoms with Gasteiger partial charge in [-0.1, -0.05) is 24.8 Å². The summed E-state index contributed by atoms with van der Waals surface area (Å²) in [6.45, 7) is 2.21. The lowest BCUT2D eigenvalue weighted by Crippen LogP contribution is -2.21. The largest absolute Gasteiger partial charge is 0.343 e. The molecular weight excluding hydrogens is 142 g/mol. The summed E-state index contributed by atoms with van der Waals surface area (Å²) in [5.41, 5.74) is 0. The van der Waals surface area contributed by atoms with Crippen LogP contribution >= 0.6 is 24.8 Å². The molecule has 0 radical (unpaired) electrons. The van der Waals surface area contributed by atoms with Crippen LogP contribution in [0.5, 0.6) is 0 Å². The first-order chi connectivity index (χ1) is 3.63. The van der Waals surface area contributed by atoms with Crippen LogP contribution in [0, 0.1) is 0 Å². The number of nitrogens with one attached hydrogen (secondary N) is 1. The second-order valence-electron chi connectivity index (χ2n) is 1.36. The molecule has 0 heterocycles. The quantitative estimate of drug-likeness (QED) is 0.453. The Bertz CT molecular complexity index is 98.6. The van der Waals surface area contributed by atoms with Crippen LogP contribution in [0.15, 0.2) is 0 Å². The smallest absolute Gasteiger partial charge is 0.276 e. The van der Waals surface area contributed by atoms with Crippen molar-refractivity contribution in [1.29, 1.82) is 0 Å². The zero-order valence-electron chi connectivity index (χ0n) is 4.47. The van der Waals surface area contributed by atoms with Crippen LogP contribution in [0.1, 0.15) is 6.92 Å². The van der Waals surface area contributed by atoms with E-state index in [1.165, 1.54) is 0 Å². The number of thiol groups is 1. The van der Waals surface area contributed by atoms with Crippen molar-refractivity contribution in [2.24, 2.45) is 0 Å². The molecule has 0 aliphatic rings. The first-order valence-electron chi connectivity index (χ1n) is 2.09. The van der Waals surface area contributed by atoms with E-state index in [1.54, 1.807) is 6.92 Å². The monoisotopic (exact) mass is 149 g/mol. The summed E-state index contributed by atoms with van der Waals surface area (Å²) in [6.07, 6.45) is 0. The maximum atomic E-state index is 10.0. The van der Waals surface area contributed by atoms with Crippen molar-refractivity contribution in [2.75, 3.05) is 6.54 Å². The Balaban J connectivity index is 3.18. The summed E-state index contributed by atoms with van der Waals surface area (Å²) in [6, 6.07) is 0. The average Bonchev–Trinajstić information content (AvgIpc) is 1.61. The lowest BCUT2D eigenvalue weighted by Gasteiger charge is -1.94. The minimum Gasteiger partial charge on any atom is -0.343 e. The van der Waals surface area contributed by atoms with Gasteiger partial charge in [-0.25, -0.2) is 0 Å². The van der Waals surface area contributed by atoms with Crippen molar-refractivity contribution in [3.05, 3.63) is 0 Å². The van der Waals surface area contributed by atoms with E-state index in [0.29, 0.717) is 6.54 Å². The van der Waals surface area contributed by atoms with Gasteiger partial charge in [0.05, 0.1) is 0 Å². The third-order valence-electron chi connectivity index (χ3n) is 0.489. The Morgan fingerprint density at radius 1 is 1.88 bits per heavy atom. The van der Waals surface area contributed by atoms with Crippen LogP contribution in [-0.2, 0) is 0 Å². The SMILES string of the molecule is CC(=S)CNC(=O)S. The van der Waals surface area contributed by atoms with Gasteiger partial charge in [0.25, 0.3) is 5.24 Å². The van der Waals surface area contributed by atoms with E-state index in [9.17, 15) is 4.79 Å². The molecule has 0 aromatic carbocycles. The highest BCUT2D eigenvalue weighted by atomic mass is 32.1. The third-order valence-corrected chi connectivity index (χ3v) is 0.791. The first kappa shape index (κ1) is 7.91. The summed E-state index contributed by atoms with van der Waals surface area (Å²) < 4.78 is 0. The van der Waals surface area contributed by atoms with Gasteiger partial charge in [-0.3, -0.25) is 4.79 Å². The molecule has 0 aliphatic heterocycles. The molecule has 8 heavy (non-hydrogen) atoms. The van der Waals surface area contributed by atoms with Gasteiger partial charge in [-0.05, 0) is 6.92 Å². The van der Waals surface area contributed by atoms with Gasteiger partial charge in [-0.2, -0.15) is 0 Å². The van der Waals surface area contributed by atoms with Crippen LogP contribution in [0.3, 0.4) is 0 Å². The fourth-order valence-corrected chi connectivity index (χ4v) is 0.351. The molecule has 0 unspecified atom stereocenters. The molecule has 2 nitrogen and oxygen atoms in total. The third kappa shape index (κ3) is 5.91. The summed E-state index contributed by atoms with van der Waals surface area (Å²) in [5.74, 6) is 0. The topological polar surface area (TPSA) is 29.1 Å². The molecule has 1 amide bonds. The van der Waals surface area contributed by atoms with Crippen molar-refractivity contribution < 1.29 is 4.79 Å². The Kier molecular flexibility index (Phi) is 3.81. The van der Waals surface area contributed by atoms with Crippen LogP contribution in [0.25, 0.3) is 0 Å². The fourth-order valence-electron chi connectivity index (χ4n) is 0.200. The lowest BCUT2D eigenvalue weighted by molar-refractivity contribution is 0.262. The van der Waals surface area contributed by atoms with Gasteiger partial charge in [0, 0.05) is 11.4 Å². The molecule has 46 valence electrons. The fraction of sp³-hybridized carbons (Fsp3) is 0.500. The van der Waals surface area contributed by atoms with Crippen LogP contribution in [-0.4, -0.2) is 16.6 Å². The first-order valence-corrected chi connectivity index (χ1v) is 2.94. The number of amides is 1. The second-order valence-corrected chi connectivity index (χ2v) is 2.46.